The Morgan fingerprint density at radius 3 is 2.41 bits per heavy atom. The number of alkyl halides is 3. The highest BCUT2D eigenvalue weighted by Gasteiger charge is 2.30. The molecule has 1 aromatic heterocycles. The van der Waals surface area contributed by atoms with Gasteiger partial charge in [0.05, 0.1) is 6.42 Å². The molecule has 3 rings (SSSR count). The minimum absolute atomic E-state index is 0.00927. The first-order valence-electron chi connectivity index (χ1n) is 8.47. The van der Waals surface area contributed by atoms with Gasteiger partial charge in [0, 0.05) is 18.4 Å². The van der Waals surface area contributed by atoms with Crippen LogP contribution in [0.25, 0.3) is 11.4 Å². The van der Waals surface area contributed by atoms with E-state index in [0.29, 0.717) is 29.5 Å². The van der Waals surface area contributed by atoms with Gasteiger partial charge in [-0.3, -0.25) is 9.89 Å². The number of benzene rings is 2. The van der Waals surface area contributed by atoms with E-state index < -0.39 is 6.36 Å². The molecule has 0 radical (unpaired) electrons. The Hall–Kier alpha value is -3.40. The Kier molecular flexibility index (Phi) is 6.13. The molecule has 1 heterocycles. The maximum Gasteiger partial charge on any atom is 0.573 e. The van der Waals surface area contributed by atoms with Gasteiger partial charge in [0.2, 0.25) is 5.91 Å². The molecular formula is C19H17F3N4O3. The number of methoxy groups -OCH3 is 1. The summed E-state index contributed by atoms with van der Waals surface area (Å²) in [6.07, 6.45) is -4.74. The van der Waals surface area contributed by atoms with Crippen LogP contribution in [0.15, 0.2) is 48.5 Å². The largest absolute Gasteiger partial charge is 0.573 e. The van der Waals surface area contributed by atoms with Gasteiger partial charge < -0.3 is 14.8 Å². The lowest BCUT2D eigenvalue weighted by molar-refractivity contribution is -0.274. The zero-order chi connectivity index (χ0) is 20.9. The van der Waals surface area contributed by atoms with E-state index in [1.165, 1.54) is 24.3 Å². The molecule has 1 amide bonds. The molecule has 2 aromatic carbocycles. The lowest BCUT2D eigenvalue weighted by Gasteiger charge is -2.09. The Labute approximate surface area is 163 Å². The van der Waals surface area contributed by atoms with Gasteiger partial charge in [-0.25, -0.2) is 4.98 Å². The van der Waals surface area contributed by atoms with E-state index in [0.717, 1.165) is 5.56 Å². The third-order valence-corrected chi connectivity index (χ3v) is 3.76. The highest BCUT2D eigenvalue weighted by molar-refractivity contribution is 5.92. The number of nitrogens with zero attached hydrogens (tertiary/aromatic N) is 2. The number of aromatic amines is 1. The maximum atomic E-state index is 12.2. The molecule has 7 nitrogen and oxygen atoms in total. The third-order valence-electron chi connectivity index (χ3n) is 3.76. The number of carbonyl (C=O) groups is 1. The Bertz CT molecular complexity index is 954. The van der Waals surface area contributed by atoms with Gasteiger partial charge in [-0.2, -0.15) is 5.10 Å². The van der Waals surface area contributed by atoms with E-state index in [-0.39, 0.29) is 18.1 Å². The molecule has 2 N–H and O–H groups in total. The fourth-order valence-electron chi connectivity index (χ4n) is 2.53. The van der Waals surface area contributed by atoms with Gasteiger partial charge in [0.1, 0.15) is 12.4 Å². The number of H-pyrrole nitrogens is 1. The van der Waals surface area contributed by atoms with E-state index in [1.807, 2.05) is 0 Å². The number of amides is 1. The van der Waals surface area contributed by atoms with Gasteiger partial charge in [-0.1, -0.05) is 12.1 Å². The van der Waals surface area contributed by atoms with Crippen LogP contribution in [-0.2, 0) is 22.6 Å². The van der Waals surface area contributed by atoms with Crippen molar-refractivity contribution in [2.45, 2.75) is 19.4 Å². The maximum absolute atomic E-state index is 12.2. The van der Waals surface area contributed by atoms with Crippen molar-refractivity contribution in [2.24, 2.45) is 0 Å². The van der Waals surface area contributed by atoms with Crippen LogP contribution >= 0.6 is 0 Å². The first-order valence-corrected chi connectivity index (χ1v) is 8.47. The Balaban J connectivity index is 1.56. The van der Waals surface area contributed by atoms with E-state index in [9.17, 15) is 18.0 Å². The summed E-state index contributed by atoms with van der Waals surface area (Å²) in [7, 11) is 1.56. The number of anilines is 1. The summed E-state index contributed by atoms with van der Waals surface area (Å²) in [5.41, 5.74) is 1.89. The van der Waals surface area contributed by atoms with Crippen LogP contribution in [0.5, 0.6) is 5.75 Å². The van der Waals surface area contributed by atoms with Crippen molar-refractivity contribution in [1.29, 1.82) is 0 Å². The fourth-order valence-corrected chi connectivity index (χ4v) is 2.53. The average Bonchev–Trinajstić information content (AvgIpc) is 3.12. The van der Waals surface area contributed by atoms with Crippen LogP contribution in [0.1, 0.15) is 11.4 Å². The number of nitrogens with one attached hydrogen (secondary N) is 2. The molecule has 152 valence electrons. The second-order valence-electron chi connectivity index (χ2n) is 6.03. The molecule has 0 aliphatic carbocycles. The predicted molar refractivity (Wildman–Crippen MR) is 98.0 cm³/mol. The molecule has 0 unspecified atom stereocenters. The topological polar surface area (TPSA) is 89.1 Å². The van der Waals surface area contributed by atoms with Crippen molar-refractivity contribution >= 4 is 11.6 Å². The lowest BCUT2D eigenvalue weighted by atomic mass is 10.1. The van der Waals surface area contributed by atoms with Crippen molar-refractivity contribution in [3.63, 3.8) is 0 Å². The summed E-state index contributed by atoms with van der Waals surface area (Å²) < 4.78 is 45.3. The molecule has 0 fully saturated rings. The SMILES string of the molecule is COCc1nc(-c2ccc(NC(=O)Cc3ccc(OC(F)(F)F)cc3)cc2)n[nH]1. The van der Waals surface area contributed by atoms with Crippen LogP contribution in [-0.4, -0.2) is 34.6 Å². The summed E-state index contributed by atoms with van der Waals surface area (Å²) >= 11 is 0. The van der Waals surface area contributed by atoms with E-state index >= 15 is 0 Å². The second kappa shape index (κ2) is 8.74. The second-order valence-corrected chi connectivity index (χ2v) is 6.03. The summed E-state index contributed by atoms with van der Waals surface area (Å²) in [5.74, 6) is 0.475. The monoisotopic (exact) mass is 406 g/mol. The Morgan fingerprint density at radius 2 is 1.79 bits per heavy atom. The van der Waals surface area contributed by atoms with Crippen molar-refractivity contribution in [3.8, 4) is 17.1 Å². The van der Waals surface area contributed by atoms with Gasteiger partial charge in [0.25, 0.3) is 0 Å². The number of aromatic nitrogens is 3. The molecule has 0 saturated heterocycles. The van der Waals surface area contributed by atoms with Crippen LogP contribution < -0.4 is 10.1 Å². The molecule has 0 aliphatic rings. The first-order chi connectivity index (χ1) is 13.8. The zero-order valence-corrected chi connectivity index (χ0v) is 15.3. The number of hydrogen-bond acceptors (Lipinski definition) is 5. The minimum atomic E-state index is -4.75. The van der Waals surface area contributed by atoms with Crippen LogP contribution in [0.4, 0.5) is 18.9 Å². The molecule has 10 heteroatoms. The summed E-state index contributed by atoms with van der Waals surface area (Å²) in [6.45, 7) is 0.324. The van der Waals surface area contributed by atoms with Crippen molar-refractivity contribution in [1.82, 2.24) is 15.2 Å². The molecule has 29 heavy (non-hydrogen) atoms. The predicted octanol–water partition coefficient (Wildman–Crippen LogP) is 3.70. The average molecular weight is 406 g/mol. The summed E-state index contributed by atoms with van der Waals surface area (Å²) in [5, 5.41) is 9.59. The molecule has 0 saturated carbocycles. The van der Waals surface area contributed by atoms with Gasteiger partial charge in [0.15, 0.2) is 11.6 Å². The number of carbonyl (C=O) groups excluding carboxylic acids is 1. The first kappa shape index (κ1) is 20.3. The van der Waals surface area contributed by atoms with E-state index in [2.05, 4.69) is 25.2 Å². The molecule has 0 spiro atoms. The number of rotatable bonds is 7. The van der Waals surface area contributed by atoms with E-state index in [1.54, 1.807) is 31.4 Å². The number of hydrogen-bond donors (Lipinski definition) is 2. The standard InChI is InChI=1S/C19H17F3N4O3/c1-28-11-16-24-18(26-25-16)13-4-6-14(7-5-13)23-17(27)10-12-2-8-15(9-3-12)29-19(20,21)22/h2-9H,10-11H2,1H3,(H,23,27)(H,24,25,26). The molecule has 3 aromatic rings. The number of ether oxygens (including phenoxy) is 2. The van der Waals surface area contributed by atoms with Crippen molar-refractivity contribution in [2.75, 3.05) is 12.4 Å². The normalized spacial score (nSPS) is 11.3. The van der Waals surface area contributed by atoms with Crippen LogP contribution in [0.3, 0.4) is 0 Å². The minimum Gasteiger partial charge on any atom is -0.406 e. The summed E-state index contributed by atoms with van der Waals surface area (Å²) in [6, 6.07) is 12.1. The summed E-state index contributed by atoms with van der Waals surface area (Å²) in [4.78, 5) is 16.4. The molecular weight excluding hydrogens is 389 g/mol. The third kappa shape index (κ3) is 6.04. The van der Waals surface area contributed by atoms with Crippen LogP contribution in [0, 0.1) is 0 Å². The highest BCUT2D eigenvalue weighted by atomic mass is 19.4. The molecule has 0 bridgehead atoms. The van der Waals surface area contributed by atoms with Gasteiger partial charge in [-0.05, 0) is 42.0 Å². The highest BCUT2D eigenvalue weighted by Crippen LogP contribution is 2.23. The smallest absolute Gasteiger partial charge is 0.406 e. The lowest BCUT2D eigenvalue weighted by Crippen LogP contribution is -2.17. The van der Waals surface area contributed by atoms with Gasteiger partial charge >= 0.3 is 6.36 Å². The molecule has 0 aliphatic heterocycles. The number of halogens is 3. The fraction of sp³-hybridized carbons (Fsp3) is 0.211. The quantitative estimate of drug-likeness (QED) is 0.625. The van der Waals surface area contributed by atoms with E-state index in [4.69, 9.17) is 4.74 Å². The van der Waals surface area contributed by atoms with Gasteiger partial charge in [-0.15, -0.1) is 13.2 Å². The Morgan fingerprint density at radius 1 is 1.10 bits per heavy atom. The van der Waals surface area contributed by atoms with Crippen molar-refractivity contribution < 1.29 is 27.4 Å². The zero-order valence-electron chi connectivity index (χ0n) is 15.3. The van der Waals surface area contributed by atoms with Crippen molar-refractivity contribution in [3.05, 3.63) is 59.9 Å². The molecule has 0 atom stereocenters. The van der Waals surface area contributed by atoms with Crippen LogP contribution in [0.2, 0.25) is 0 Å².